The van der Waals surface area contributed by atoms with Gasteiger partial charge in [0.15, 0.2) is 0 Å². The average Bonchev–Trinajstić information content (AvgIpc) is 3.27. The fraction of sp³-hybridized carbons (Fsp3) is 0.733. The van der Waals surface area contributed by atoms with Crippen LogP contribution in [-0.2, 0) is 16.6 Å². The second-order valence-electron chi connectivity index (χ2n) is 7.03. The highest BCUT2D eigenvalue weighted by Gasteiger charge is 2.45. The molecule has 1 aromatic rings. The summed E-state index contributed by atoms with van der Waals surface area (Å²) in [5.41, 5.74) is 0.297. The summed E-state index contributed by atoms with van der Waals surface area (Å²) in [5.74, 6) is 0.474. The molecule has 0 aromatic carbocycles. The van der Waals surface area contributed by atoms with E-state index in [4.69, 9.17) is 0 Å². The molecular formula is C15H24N2O2S2. The zero-order valence-corrected chi connectivity index (χ0v) is 14.5. The summed E-state index contributed by atoms with van der Waals surface area (Å²) in [7, 11) is -3.37. The minimum absolute atomic E-state index is 0.297. The van der Waals surface area contributed by atoms with Crippen molar-refractivity contribution in [2.75, 3.05) is 6.54 Å². The summed E-state index contributed by atoms with van der Waals surface area (Å²) < 4.78 is 27.7. The third kappa shape index (κ3) is 3.67. The van der Waals surface area contributed by atoms with Crippen molar-refractivity contribution in [1.29, 1.82) is 0 Å². The predicted molar refractivity (Wildman–Crippen MR) is 86.0 cm³/mol. The van der Waals surface area contributed by atoms with Crippen molar-refractivity contribution < 1.29 is 8.42 Å². The lowest BCUT2D eigenvalue weighted by Gasteiger charge is -2.07. The second kappa shape index (κ2) is 5.33. The maximum atomic E-state index is 12.4. The van der Waals surface area contributed by atoms with Gasteiger partial charge in [0.25, 0.3) is 0 Å². The van der Waals surface area contributed by atoms with Gasteiger partial charge in [-0.2, -0.15) is 0 Å². The van der Waals surface area contributed by atoms with E-state index in [2.05, 4.69) is 23.9 Å². The molecule has 6 heteroatoms. The molecule has 2 aliphatic rings. The molecule has 1 atom stereocenters. The molecule has 118 valence electrons. The van der Waals surface area contributed by atoms with Crippen LogP contribution in [0.5, 0.6) is 0 Å². The average molecular weight is 329 g/mol. The first kappa shape index (κ1) is 15.5. The third-order valence-corrected chi connectivity index (χ3v) is 7.32. The minimum atomic E-state index is -3.37. The van der Waals surface area contributed by atoms with Gasteiger partial charge in [0, 0.05) is 28.9 Å². The molecule has 2 saturated carbocycles. The Morgan fingerprint density at radius 3 is 2.62 bits per heavy atom. The predicted octanol–water partition coefficient (Wildman–Crippen LogP) is 2.63. The van der Waals surface area contributed by atoms with E-state index in [1.165, 1.54) is 12.8 Å². The summed E-state index contributed by atoms with van der Waals surface area (Å²) in [6, 6.07) is 2.47. The van der Waals surface area contributed by atoms with Crippen molar-refractivity contribution in [3.8, 4) is 0 Å². The lowest BCUT2D eigenvalue weighted by atomic mass is 10.1. The summed E-state index contributed by atoms with van der Waals surface area (Å²) >= 11 is 1.58. The van der Waals surface area contributed by atoms with Gasteiger partial charge in [-0.05, 0) is 43.6 Å². The lowest BCUT2D eigenvalue weighted by Crippen LogP contribution is -2.27. The van der Waals surface area contributed by atoms with Gasteiger partial charge in [0.2, 0.25) is 10.0 Å². The first-order valence-corrected chi connectivity index (χ1v) is 9.90. The molecule has 0 radical (unpaired) electrons. The molecule has 0 bridgehead atoms. The Hall–Kier alpha value is -0.430. The molecule has 0 aliphatic heterocycles. The van der Waals surface area contributed by atoms with Crippen LogP contribution in [-0.4, -0.2) is 21.0 Å². The van der Waals surface area contributed by atoms with Crippen molar-refractivity contribution in [1.82, 2.24) is 10.0 Å². The fourth-order valence-electron chi connectivity index (χ4n) is 2.62. The van der Waals surface area contributed by atoms with Crippen molar-refractivity contribution in [3.05, 3.63) is 15.8 Å². The molecule has 21 heavy (non-hydrogen) atoms. The lowest BCUT2D eigenvalue weighted by molar-refractivity contribution is 0.537. The molecule has 0 spiro atoms. The number of hydrogen-bond donors (Lipinski definition) is 2. The molecule has 2 aliphatic carbocycles. The Labute approximate surface area is 131 Å². The minimum Gasteiger partial charge on any atom is -0.309 e. The molecule has 1 heterocycles. The molecule has 1 aromatic heterocycles. The smallest absolute Gasteiger partial charge is 0.241 e. The summed E-state index contributed by atoms with van der Waals surface area (Å²) in [6.45, 7) is 7.59. The van der Waals surface area contributed by atoms with Crippen LogP contribution in [0, 0.1) is 18.3 Å². The number of nitrogens with one attached hydrogen (secondary N) is 2. The zero-order valence-electron chi connectivity index (χ0n) is 12.9. The van der Waals surface area contributed by atoms with Crippen LogP contribution in [0.3, 0.4) is 0 Å². The van der Waals surface area contributed by atoms with Crippen LogP contribution in [0.1, 0.15) is 42.9 Å². The van der Waals surface area contributed by atoms with E-state index >= 15 is 0 Å². The molecule has 1 unspecified atom stereocenters. The van der Waals surface area contributed by atoms with Crippen molar-refractivity contribution in [2.24, 2.45) is 11.3 Å². The third-order valence-electron chi connectivity index (χ3n) is 4.59. The highest BCUT2D eigenvalue weighted by atomic mass is 32.2. The molecule has 3 rings (SSSR count). The van der Waals surface area contributed by atoms with Crippen LogP contribution in [0.15, 0.2) is 11.0 Å². The van der Waals surface area contributed by atoms with Crippen LogP contribution in [0.25, 0.3) is 0 Å². The van der Waals surface area contributed by atoms with Gasteiger partial charge < -0.3 is 5.32 Å². The standard InChI is InChI=1S/C15H24N2O2S2/c1-10-14(6-13(20-10)9-16-12-4-5-12)21(18,19)17-8-11-7-15(11,2)3/h6,11-12,16-17H,4-5,7-9H2,1-3H3. The fourth-order valence-corrected chi connectivity index (χ4v) is 5.29. The van der Waals surface area contributed by atoms with Gasteiger partial charge in [-0.15, -0.1) is 11.3 Å². The summed E-state index contributed by atoms with van der Waals surface area (Å²) in [6.07, 6.45) is 3.59. The molecule has 2 N–H and O–H groups in total. The monoisotopic (exact) mass is 328 g/mol. The van der Waals surface area contributed by atoms with Crippen LogP contribution in [0.4, 0.5) is 0 Å². The molecule has 2 fully saturated rings. The molecule has 0 amide bonds. The van der Waals surface area contributed by atoms with Gasteiger partial charge in [0.1, 0.15) is 0 Å². The largest absolute Gasteiger partial charge is 0.309 e. The normalized spacial score (nSPS) is 24.2. The van der Waals surface area contributed by atoms with Crippen LogP contribution in [0.2, 0.25) is 0 Å². The Morgan fingerprint density at radius 2 is 2.05 bits per heavy atom. The van der Waals surface area contributed by atoms with E-state index in [0.29, 0.717) is 28.8 Å². The second-order valence-corrected chi connectivity index (χ2v) is 10.1. The molecule has 4 nitrogen and oxygen atoms in total. The Morgan fingerprint density at radius 1 is 1.38 bits per heavy atom. The van der Waals surface area contributed by atoms with Gasteiger partial charge in [-0.25, -0.2) is 13.1 Å². The van der Waals surface area contributed by atoms with Crippen molar-refractivity contribution >= 4 is 21.4 Å². The maximum Gasteiger partial charge on any atom is 0.241 e. The van der Waals surface area contributed by atoms with Crippen molar-refractivity contribution in [2.45, 2.75) is 57.5 Å². The van der Waals surface area contributed by atoms with E-state index in [1.54, 1.807) is 11.3 Å². The topological polar surface area (TPSA) is 58.2 Å². The first-order chi connectivity index (χ1) is 9.78. The SMILES string of the molecule is Cc1sc(CNC2CC2)cc1S(=O)(=O)NCC1CC1(C)C. The van der Waals surface area contributed by atoms with E-state index in [9.17, 15) is 8.42 Å². The zero-order chi connectivity index (χ0) is 15.3. The van der Waals surface area contributed by atoms with Gasteiger partial charge in [-0.1, -0.05) is 13.8 Å². The number of aryl methyl sites for hydroxylation is 1. The summed E-state index contributed by atoms with van der Waals surface area (Å²) in [5, 5.41) is 3.43. The highest BCUT2D eigenvalue weighted by molar-refractivity contribution is 7.89. The maximum absolute atomic E-state index is 12.4. The first-order valence-electron chi connectivity index (χ1n) is 7.60. The van der Waals surface area contributed by atoms with Gasteiger partial charge in [0.05, 0.1) is 4.90 Å². The van der Waals surface area contributed by atoms with Gasteiger partial charge in [-0.3, -0.25) is 0 Å². The number of sulfonamides is 1. The number of hydrogen-bond acceptors (Lipinski definition) is 4. The molecule has 0 saturated heterocycles. The number of thiophene rings is 1. The summed E-state index contributed by atoms with van der Waals surface area (Å²) in [4.78, 5) is 2.44. The van der Waals surface area contributed by atoms with Crippen LogP contribution >= 0.6 is 11.3 Å². The molecular weight excluding hydrogens is 304 g/mol. The quantitative estimate of drug-likeness (QED) is 0.809. The Kier molecular flexibility index (Phi) is 3.93. The van der Waals surface area contributed by atoms with E-state index in [1.807, 2.05) is 13.0 Å². The Balaban J connectivity index is 1.63. The highest BCUT2D eigenvalue weighted by Crippen LogP contribution is 2.51. The van der Waals surface area contributed by atoms with Crippen molar-refractivity contribution in [3.63, 3.8) is 0 Å². The number of rotatable bonds is 7. The van der Waals surface area contributed by atoms with E-state index in [-0.39, 0.29) is 0 Å². The van der Waals surface area contributed by atoms with E-state index < -0.39 is 10.0 Å². The van der Waals surface area contributed by atoms with E-state index in [0.717, 1.165) is 22.7 Å². The van der Waals surface area contributed by atoms with Gasteiger partial charge >= 0.3 is 0 Å². The van der Waals surface area contributed by atoms with Crippen LogP contribution < -0.4 is 10.0 Å². The Bertz CT molecular complexity index is 630.